The van der Waals surface area contributed by atoms with Gasteiger partial charge in [0.05, 0.1) is 30.8 Å². The van der Waals surface area contributed by atoms with Crippen LogP contribution in [0.25, 0.3) is 16.9 Å². The van der Waals surface area contributed by atoms with Crippen molar-refractivity contribution in [3.8, 4) is 22.7 Å². The van der Waals surface area contributed by atoms with Crippen molar-refractivity contribution in [2.75, 3.05) is 20.3 Å². The van der Waals surface area contributed by atoms with Crippen LogP contribution in [0.2, 0.25) is 0 Å². The zero-order valence-corrected chi connectivity index (χ0v) is 18.0. The van der Waals surface area contributed by atoms with Gasteiger partial charge in [-0.15, -0.1) is 0 Å². The number of carbonyl (C=O) groups excluding carboxylic acids is 1. The SMILES string of the molecule is CCOC(=O)CON=C(C)c1cc(-c2cccc(OC)c2)n(-c2ccccc2F)c1C. The summed E-state index contributed by atoms with van der Waals surface area (Å²) < 4.78 is 26.7. The van der Waals surface area contributed by atoms with Gasteiger partial charge in [-0.25, -0.2) is 9.18 Å². The van der Waals surface area contributed by atoms with Crippen molar-refractivity contribution in [2.45, 2.75) is 20.8 Å². The molecule has 162 valence electrons. The van der Waals surface area contributed by atoms with Crippen LogP contribution in [0.5, 0.6) is 5.75 Å². The largest absolute Gasteiger partial charge is 0.497 e. The van der Waals surface area contributed by atoms with Crippen molar-refractivity contribution in [3.05, 3.63) is 71.7 Å². The second kappa shape index (κ2) is 9.93. The van der Waals surface area contributed by atoms with Gasteiger partial charge in [0.1, 0.15) is 11.6 Å². The van der Waals surface area contributed by atoms with Crippen molar-refractivity contribution in [1.82, 2.24) is 4.57 Å². The molecule has 1 heterocycles. The molecule has 0 saturated carbocycles. The number of nitrogens with zero attached hydrogens (tertiary/aromatic N) is 2. The molecule has 0 aliphatic rings. The van der Waals surface area contributed by atoms with Crippen LogP contribution in [-0.4, -0.2) is 36.6 Å². The number of benzene rings is 2. The summed E-state index contributed by atoms with van der Waals surface area (Å²) in [6.45, 7) is 5.38. The molecular weight excluding hydrogens is 399 g/mol. The molecule has 0 aliphatic carbocycles. The van der Waals surface area contributed by atoms with Crippen molar-refractivity contribution < 1.29 is 23.5 Å². The highest BCUT2D eigenvalue weighted by Crippen LogP contribution is 2.32. The fraction of sp³-hybridized carbons (Fsp3) is 0.250. The van der Waals surface area contributed by atoms with E-state index in [-0.39, 0.29) is 19.0 Å². The highest BCUT2D eigenvalue weighted by molar-refractivity contribution is 6.01. The van der Waals surface area contributed by atoms with E-state index in [0.29, 0.717) is 17.1 Å². The Morgan fingerprint density at radius 1 is 1.13 bits per heavy atom. The molecule has 0 atom stereocenters. The normalized spacial score (nSPS) is 11.3. The first-order valence-corrected chi connectivity index (χ1v) is 9.90. The molecule has 3 rings (SSSR count). The molecule has 1 aromatic heterocycles. The monoisotopic (exact) mass is 424 g/mol. The van der Waals surface area contributed by atoms with Gasteiger partial charge < -0.3 is 18.9 Å². The number of hydrogen-bond donors (Lipinski definition) is 0. The van der Waals surface area contributed by atoms with Gasteiger partial charge >= 0.3 is 5.97 Å². The van der Waals surface area contributed by atoms with Crippen LogP contribution in [0.3, 0.4) is 0 Å². The topological polar surface area (TPSA) is 62.1 Å². The first-order chi connectivity index (χ1) is 15.0. The highest BCUT2D eigenvalue weighted by Gasteiger charge is 2.19. The van der Waals surface area contributed by atoms with Gasteiger partial charge in [0.25, 0.3) is 0 Å². The Balaban J connectivity index is 2.08. The molecule has 0 amide bonds. The Bertz CT molecular complexity index is 1100. The molecular formula is C24H25FN2O4. The molecule has 0 fully saturated rings. The first kappa shape index (κ1) is 22.1. The molecule has 3 aromatic rings. The second-order valence-corrected chi connectivity index (χ2v) is 6.80. The van der Waals surface area contributed by atoms with Crippen LogP contribution < -0.4 is 4.74 Å². The lowest BCUT2D eigenvalue weighted by atomic mass is 10.1. The molecule has 0 radical (unpaired) electrons. The van der Waals surface area contributed by atoms with Gasteiger partial charge in [-0.1, -0.05) is 29.4 Å². The van der Waals surface area contributed by atoms with Crippen LogP contribution in [0, 0.1) is 12.7 Å². The van der Waals surface area contributed by atoms with E-state index < -0.39 is 5.97 Å². The standard InChI is InChI=1S/C24H25FN2O4/c1-5-30-24(28)15-31-26-16(2)20-14-23(18-9-8-10-19(13-18)29-4)27(17(20)3)22-12-7-6-11-21(22)25/h6-14H,5,15H2,1-4H3. The Kier molecular flexibility index (Phi) is 7.07. The molecule has 0 N–H and O–H groups in total. The van der Waals surface area contributed by atoms with E-state index in [4.69, 9.17) is 14.3 Å². The molecule has 0 unspecified atom stereocenters. The summed E-state index contributed by atoms with van der Waals surface area (Å²) in [5.74, 6) is -0.136. The molecule has 0 spiro atoms. The maximum absolute atomic E-state index is 14.7. The summed E-state index contributed by atoms with van der Waals surface area (Å²) in [6, 6.07) is 16.1. The molecule has 0 aliphatic heterocycles. The minimum absolute atomic E-state index is 0.277. The summed E-state index contributed by atoms with van der Waals surface area (Å²) in [5.41, 5.74) is 4.16. The maximum Gasteiger partial charge on any atom is 0.347 e. The van der Waals surface area contributed by atoms with E-state index in [0.717, 1.165) is 22.5 Å². The number of methoxy groups -OCH3 is 1. The third-order valence-electron chi connectivity index (χ3n) is 4.79. The van der Waals surface area contributed by atoms with Crippen LogP contribution >= 0.6 is 0 Å². The minimum atomic E-state index is -0.489. The van der Waals surface area contributed by atoms with E-state index in [1.165, 1.54) is 6.07 Å². The lowest BCUT2D eigenvalue weighted by Gasteiger charge is -2.14. The predicted octanol–water partition coefficient (Wildman–Crippen LogP) is 4.90. The van der Waals surface area contributed by atoms with Crippen LogP contribution in [0.4, 0.5) is 4.39 Å². The number of para-hydroxylation sites is 1. The molecule has 0 saturated heterocycles. The van der Waals surface area contributed by atoms with Crippen LogP contribution in [0.1, 0.15) is 25.1 Å². The van der Waals surface area contributed by atoms with E-state index in [9.17, 15) is 9.18 Å². The van der Waals surface area contributed by atoms with Gasteiger partial charge in [-0.05, 0) is 51.1 Å². The molecule has 0 bridgehead atoms. The Morgan fingerprint density at radius 3 is 2.61 bits per heavy atom. The zero-order chi connectivity index (χ0) is 22.4. The summed E-state index contributed by atoms with van der Waals surface area (Å²) in [6.07, 6.45) is 0. The molecule has 2 aromatic carbocycles. The van der Waals surface area contributed by atoms with Gasteiger partial charge in [0.15, 0.2) is 0 Å². The Hall–Kier alpha value is -3.61. The van der Waals surface area contributed by atoms with E-state index in [1.807, 2.05) is 41.8 Å². The van der Waals surface area contributed by atoms with Crippen molar-refractivity contribution in [2.24, 2.45) is 5.16 Å². The predicted molar refractivity (Wildman–Crippen MR) is 117 cm³/mol. The second-order valence-electron chi connectivity index (χ2n) is 6.80. The van der Waals surface area contributed by atoms with E-state index >= 15 is 0 Å². The fourth-order valence-corrected chi connectivity index (χ4v) is 3.35. The maximum atomic E-state index is 14.7. The molecule has 31 heavy (non-hydrogen) atoms. The molecule has 7 heteroatoms. The number of oxime groups is 1. The first-order valence-electron chi connectivity index (χ1n) is 9.90. The highest BCUT2D eigenvalue weighted by atomic mass is 19.1. The zero-order valence-electron chi connectivity index (χ0n) is 18.0. The average molecular weight is 424 g/mol. The lowest BCUT2D eigenvalue weighted by molar-refractivity contribution is -0.148. The summed E-state index contributed by atoms with van der Waals surface area (Å²) in [5, 5.41) is 4.06. The summed E-state index contributed by atoms with van der Waals surface area (Å²) in [4.78, 5) is 16.6. The fourth-order valence-electron chi connectivity index (χ4n) is 3.35. The number of esters is 1. The Morgan fingerprint density at radius 2 is 1.90 bits per heavy atom. The summed E-state index contributed by atoms with van der Waals surface area (Å²) >= 11 is 0. The van der Waals surface area contributed by atoms with Crippen LogP contribution in [0.15, 0.2) is 59.8 Å². The van der Waals surface area contributed by atoms with Crippen LogP contribution in [-0.2, 0) is 14.4 Å². The minimum Gasteiger partial charge on any atom is -0.497 e. The number of halogens is 1. The van der Waals surface area contributed by atoms with Crippen molar-refractivity contribution in [1.29, 1.82) is 0 Å². The van der Waals surface area contributed by atoms with Gasteiger partial charge in [-0.3, -0.25) is 0 Å². The molecule has 6 nitrogen and oxygen atoms in total. The number of hydrogen-bond acceptors (Lipinski definition) is 5. The third-order valence-corrected chi connectivity index (χ3v) is 4.79. The third kappa shape index (κ3) is 4.94. The smallest absolute Gasteiger partial charge is 0.347 e. The number of aromatic nitrogens is 1. The van der Waals surface area contributed by atoms with E-state index in [2.05, 4.69) is 5.16 Å². The summed E-state index contributed by atoms with van der Waals surface area (Å²) in [7, 11) is 1.60. The number of rotatable bonds is 8. The van der Waals surface area contributed by atoms with Gasteiger partial charge in [0.2, 0.25) is 6.61 Å². The quantitative estimate of drug-likeness (QED) is 0.293. The van der Waals surface area contributed by atoms with E-state index in [1.54, 1.807) is 39.2 Å². The average Bonchev–Trinajstić information content (AvgIpc) is 3.11. The lowest BCUT2D eigenvalue weighted by Crippen LogP contribution is -2.11. The number of ether oxygens (including phenoxy) is 2. The number of carbonyl (C=O) groups is 1. The van der Waals surface area contributed by atoms with Gasteiger partial charge in [-0.2, -0.15) is 0 Å². The Labute approximate surface area is 180 Å². The van der Waals surface area contributed by atoms with Crippen molar-refractivity contribution in [3.63, 3.8) is 0 Å². The van der Waals surface area contributed by atoms with Gasteiger partial charge in [0, 0.05) is 16.8 Å². The van der Waals surface area contributed by atoms with Crippen molar-refractivity contribution >= 4 is 11.7 Å².